The molecule has 0 aromatic carbocycles. The molecule has 0 amide bonds. The minimum absolute atomic E-state index is 0.466. The zero-order chi connectivity index (χ0) is 15.1. The van der Waals surface area contributed by atoms with Crippen LogP contribution in [0.15, 0.2) is 0 Å². The fourth-order valence-electron chi connectivity index (χ4n) is 2.96. The van der Waals surface area contributed by atoms with Gasteiger partial charge in [0.2, 0.25) is 0 Å². The van der Waals surface area contributed by atoms with Crippen LogP contribution in [-0.2, 0) is 0 Å². The average molecular weight is 284 g/mol. The summed E-state index contributed by atoms with van der Waals surface area (Å²) < 4.78 is 0. The van der Waals surface area contributed by atoms with E-state index in [1.807, 2.05) is 0 Å². The summed E-state index contributed by atoms with van der Waals surface area (Å²) in [5, 5.41) is 0. The zero-order valence-corrected chi connectivity index (χ0v) is 14.7. The van der Waals surface area contributed by atoms with Gasteiger partial charge in [0.25, 0.3) is 0 Å². The van der Waals surface area contributed by atoms with E-state index in [1.165, 1.54) is 89.9 Å². The van der Waals surface area contributed by atoms with Crippen LogP contribution in [0.25, 0.3) is 0 Å². The maximum absolute atomic E-state index is 5.65. The van der Waals surface area contributed by atoms with Crippen LogP contribution < -0.4 is 5.73 Å². The molecule has 1 nitrogen and oxygen atoms in total. The molecule has 0 spiro atoms. The Hall–Kier alpha value is -0.0400. The van der Waals surface area contributed by atoms with Gasteiger partial charge in [-0.15, -0.1) is 0 Å². The third-order valence-electron chi connectivity index (χ3n) is 4.53. The largest absolute Gasteiger partial charge is 0.330 e. The Morgan fingerprint density at radius 1 is 0.600 bits per heavy atom. The summed E-state index contributed by atoms with van der Waals surface area (Å²) in [6.45, 7) is 7.85. The van der Waals surface area contributed by atoms with Gasteiger partial charge in [0.15, 0.2) is 0 Å². The van der Waals surface area contributed by atoms with E-state index in [1.54, 1.807) is 0 Å². The van der Waals surface area contributed by atoms with Crippen molar-refractivity contribution in [2.24, 2.45) is 11.1 Å². The first-order valence-corrected chi connectivity index (χ1v) is 9.32. The highest BCUT2D eigenvalue weighted by molar-refractivity contribution is 4.68. The van der Waals surface area contributed by atoms with Crippen molar-refractivity contribution in [3.8, 4) is 0 Å². The Morgan fingerprint density at radius 2 is 1.00 bits per heavy atom. The number of hydrogen-bond donors (Lipinski definition) is 1. The van der Waals surface area contributed by atoms with Crippen LogP contribution in [0.2, 0.25) is 0 Å². The van der Waals surface area contributed by atoms with Gasteiger partial charge in [-0.3, -0.25) is 0 Å². The Morgan fingerprint density at radius 3 is 1.40 bits per heavy atom. The van der Waals surface area contributed by atoms with Gasteiger partial charge in [0, 0.05) is 0 Å². The second-order valence-electron chi connectivity index (χ2n) is 7.34. The van der Waals surface area contributed by atoms with Gasteiger partial charge in [0.05, 0.1) is 0 Å². The van der Waals surface area contributed by atoms with Gasteiger partial charge in [-0.05, 0) is 24.8 Å². The van der Waals surface area contributed by atoms with Crippen molar-refractivity contribution in [1.82, 2.24) is 0 Å². The standard InChI is InChI=1S/C19H41N/c1-4-5-6-7-8-9-10-11-12-13-14-15-16-19(2,3)17-18-20/h4-18,20H2,1-3H3. The maximum Gasteiger partial charge on any atom is -0.00722 e. The Labute approximate surface area is 129 Å². The predicted molar refractivity (Wildman–Crippen MR) is 93.1 cm³/mol. The van der Waals surface area contributed by atoms with Crippen LogP contribution in [-0.4, -0.2) is 6.54 Å². The molecule has 0 aliphatic carbocycles. The van der Waals surface area contributed by atoms with Crippen LogP contribution in [0.4, 0.5) is 0 Å². The summed E-state index contributed by atoms with van der Waals surface area (Å²) in [7, 11) is 0. The first-order chi connectivity index (χ1) is 9.62. The molecule has 0 bridgehead atoms. The molecule has 0 radical (unpaired) electrons. The van der Waals surface area contributed by atoms with Crippen LogP contribution in [0.5, 0.6) is 0 Å². The van der Waals surface area contributed by atoms with E-state index in [9.17, 15) is 0 Å². The molecule has 0 rings (SSSR count). The third-order valence-corrected chi connectivity index (χ3v) is 4.53. The third kappa shape index (κ3) is 14.4. The van der Waals surface area contributed by atoms with Crippen LogP contribution >= 0.6 is 0 Å². The fraction of sp³-hybridized carbons (Fsp3) is 1.00. The predicted octanol–water partition coefficient (Wildman–Crippen LogP) is 6.45. The molecule has 0 aliphatic rings. The van der Waals surface area contributed by atoms with E-state index in [0.29, 0.717) is 5.41 Å². The van der Waals surface area contributed by atoms with Crippen molar-refractivity contribution >= 4 is 0 Å². The molecule has 1 heteroatoms. The van der Waals surface area contributed by atoms with Crippen molar-refractivity contribution in [2.75, 3.05) is 6.54 Å². The quantitative estimate of drug-likeness (QED) is 0.343. The van der Waals surface area contributed by atoms with Gasteiger partial charge in [0.1, 0.15) is 0 Å². The Bertz CT molecular complexity index is 186. The van der Waals surface area contributed by atoms with Crippen LogP contribution in [0, 0.1) is 5.41 Å². The first-order valence-electron chi connectivity index (χ1n) is 9.32. The molecule has 20 heavy (non-hydrogen) atoms. The van der Waals surface area contributed by atoms with Crippen molar-refractivity contribution in [3.05, 3.63) is 0 Å². The highest BCUT2D eigenvalue weighted by atomic mass is 14.5. The SMILES string of the molecule is CCCCCCCCCCCCCCC(C)(C)CCN. The lowest BCUT2D eigenvalue weighted by Crippen LogP contribution is -2.16. The molecule has 0 atom stereocenters. The van der Waals surface area contributed by atoms with Gasteiger partial charge >= 0.3 is 0 Å². The number of hydrogen-bond acceptors (Lipinski definition) is 1. The van der Waals surface area contributed by atoms with Crippen molar-refractivity contribution in [3.63, 3.8) is 0 Å². The minimum atomic E-state index is 0.466. The molecule has 2 N–H and O–H groups in total. The monoisotopic (exact) mass is 283 g/mol. The van der Waals surface area contributed by atoms with Crippen LogP contribution in [0.1, 0.15) is 111 Å². The molecule has 0 aromatic rings. The summed E-state index contributed by atoms with van der Waals surface area (Å²) in [6.07, 6.45) is 19.8. The van der Waals surface area contributed by atoms with Crippen LogP contribution in [0.3, 0.4) is 0 Å². The van der Waals surface area contributed by atoms with Gasteiger partial charge in [-0.1, -0.05) is 97.8 Å². The lowest BCUT2D eigenvalue weighted by Gasteiger charge is -2.23. The smallest absolute Gasteiger partial charge is 0.00722 e. The first kappa shape index (κ1) is 20.0. The van der Waals surface area contributed by atoms with Crippen molar-refractivity contribution in [2.45, 2.75) is 111 Å². The zero-order valence-electron chi connectivity index (χ0n) is 14.7. The average Bonchev–Trinajstić information content (AvgIpc) is 2.40. The van der Waals surface area contributed by atoms with Gasteiger partial charge in [-0.25, -0.2) is 0 Å². The van der Waals surface area contributed by atoms with Gasteiger partial charge < -0.3 is 5.73 Å². The summed E-state index contributed by atoms with van der Waals surface area (Å²) in [4.78, 5) is 0. The Kier molecular flexibility index (Phi) is 13.9. The number of rotatable bonds is 15. The van der Waals surface area contributed by atoms with E-state index in [0.717, 1.165) is 6.54 Å². The summed E-state index contributed by atoms with van der Waals surface area (Å²) >= 11 is 0. The Balaban J connectivity index is 3.13. The summed E-state index contributed by atoms with van der Waals surface area (Å²) in [6, 6.07) is 0. The summed E-state index contributed by atoms with van der Waals surface area (Å²) in [5.41, 5.74) is 6.12. The van der Waals surface area contributed by atoms with E-state index < -0.39 is 0 Å². The molecular formula is C19H41N. The molecule has 0 unspecified atom stereocenters. The molecule has 0 saturated carbocycles. The second kappa shape index (κ2) is 13.9. The molecule has 0 aliphatic heterocycles. The molecular weight excluding hydrogens is 242 g/mol. The second-order valence-corrected chi connectivity index (χ2v) is 7.34. The van der Waals surface area contributed by atoms with E-state index in [4.69, 9.17) is 5.73 Å². The topological polar surface area (TPSA) is 26.0 Å². The van der Waals surface area contributed by atoms with E-state index in [2.05, 4.69) is 20.8 Å². The normalized spacial score (nSPS) is 12.0. The van der Waals surface area contributed by atoms with E-state index >= 15 is 0 Å². The van der Waals surface area contributed by atoms with Gasteiger partial charge in [-0.2, -0.15) is 0 Å². The maximum atomic E-state index is 5.65. The molecule has 0 heterocycles. The number of nitrogens with two attached hydrogens (primary N) is 1. The lowest BCUT2D eigenvalue weighted by molar-refractivity contribution is 0.299. The molecule has 0 aromatic heterocycles. The molecule has 0 fully saturated rings. The lowest BCUT2D eigenvalue weighted by atomic mass is 9.83. The van der Waals surface area contributed by atoms with Crippen molar-refractivity contribution in [1.29, 1.82) is 0 Å². The molecule has 0 saturated heterocycles. The highest BCUT2D eigenvalue weighted by Gasteiger charge is 2.15. The van der Waals surface area contributed by atoms with Crippen molar-refractivity contribution < 1.29 is 0 Å². The summed E-state index contributed by atoms with van der Waals surface area (Å²) in [5.74, 6) is 0. The highest BCUT2D eigenvalue weighted by Crippen LogP contribution is 2.27. The molecule has 122 valence electrons. The van der Waals surface area contributed by atoms with E-state index in [-0.39, 0.29) is 0 Å². The minimum Gasteiger partial charge on any atom is -0.330 e. The fourth-order valence-corrected chi connectivity index (χ4v) is 2.96. The number of unbranched alkanes of at least 4 members (excludes halogenated alkanes) is 11.